The maximum absolute atomic E-state index is 14.7. The van der Waals surface area contributed by atoms with Crippen molar-refractivity contribution in [3.8, 4) is 5.75 Å². The van der Waals surface area contributed by atoms with Gasteiger partial charge < -0.3 is 8.74 Å². The molecule has 8 heteroatoms. The second kappa shape index (κ2) is 9.53. The number of fused-ring (bicyclic) bond motifs is 6. The zero-order chi connectivity index (χ0) is 28.8. The Bertz CT molecular complexity index is 1970. The monoisotopic (exact) mass is 601 g/mol. The van der Waals surface area contributed by atoms with E-state index in [1.807, 2.05) is 12.1 Å². The van der Waals surface area contributed by atoms with Crippen LogP contribution < -0.4 is 4.18 Å². The second-order valence-corrected chi connectivity index (χ2v) is 15.9. The molecule has 6 nitrogen and oxygen atoms in total. The van der Waals surface area contributed by atoms with E-state index < -0.39 is 20.2 Å². The van der Waals surface area contributed by atoms with E-state index in [9.17, 15) is 21.4 Å². The molecule has 4 fully saturated rings. The summed E-state index contributed by atoms with van der Waals surface area (Å²) in [5, 5.41) is 2.51. The molecule has 0 radical (unpaired) electrons. The van der Waals surface area contributed by atoms with Crippen molar-refractivity contribution < 1.29 is 25.6 Å². The molecule has 8 rings (SSSR count). The Kier molecular flexibility index (Phi) is 6.05. The van der Waals surface area contributed by atoms with Gasteiger partial charge in [0, 0.05) is 10.8 Å². The van der Waals surface area contributed by atoms with Crippen molar-refractivity contribution in [3.05, 3.63) is 77.9 Å². The first-order valence-corrected chi connectivity index (χ1v) is 18.0. The SMILES string of the molecule is O=S(=O)([O-])c1ccc(OS(=O)(=O)c2c(C3CC4CCC3C4)cc3ccccc3c2C2CC3CCC2C3)c2ccccc12. The molecule has 4 saturated carbocycles. The zero-order valence-electron chi connectivity index (χ0n) is 23.2. The van der Waals surface area contributed by atoms with Crippen LogP contribution in [-0.4, -0.2) is 21.4 Å². The van der Waals surface area contributed by atoms with Gasteiger partial charge in [-0.25, -0.2) is 8.42 Å². The Morgan fingerprint density at radius 2 is 1.29 bits per heavy atom. The predicted molar refractivity (Wildman–Crippen MR) is 160 cm³/mol. The molecule has 4 aromatic rings. The Morgan fingerprint density at radius 1 is 0.667 bits per heavy atom. The zero-order valence-corrected chi connectivity index (χ0v) is 24.9. The molecular formula is C34H33O6S2-. The third-order valence-corrected chi connectivity index (χ3v) is 13.1. The van der Waals surface area contributed by atoms with Crippen molar-refractivity contribution in [2.45, 2.75) is 73.0 Å². The highest BCUT2D eigenvalue weighted by Crippen LogP contribution is 2.59. The highest BCUT2D eigenvalue weighted by atomic mass is 32.2. The van der Waals surface area contributed by atoms with E-state index >= 15 is 0 Å². The molecule has 4 aliphatic rings. The second-order valence-electron chi connectivity index (χ2n) is 13.1. The lowest BCUT2D eigenvalue weighted by Crippen LogP contribution is -2.22. The molecule has 6 atom stereocenters. The standard InChI is InChI=1S/C34H34O6S2/c35-41(36,37)32-14-13-31(26-7-3-4-8-27(26)32)40-42(38,39)34-30(28-17-20-9-11-23(28)15-20)19-22-5-1-2-6-25(22)33(34)29-18-21-10-12-24(29)16-21/h1-8,13-14,19-21,23-24,28-29H,9-12,15-18H2,(H,35,36,37)/p-1. The largest absolute Gasteiger partial charge is 0.744 e. The summed E-state index contributed by atoms with van der Waals surface area (Å²) in [4.78, 5) is -0.0557. The lowest BCUT2D eigenvalue weighted by Gasteiger charge is -2.31. The molecule has 4 aliphatic carbocycles. The molecule has 42 heavy (non-hydrogen) atoms. The van der Waals surface area contributed by atoms with Gasteiger partial charge in [-0.05, 0) is 114 Å². The predicted octanol–water partition coefficient (Wildman–Crippen LogP) is 7.47. The summed E-state index contributed by atoms with van der Waals surface area (Å²) in [5.74, 6) is 2.56. The lowest BCUT2D eigenvalue weighted by atomic mass is 9.77. The first-order chi connectivity index (χ1) is 20.2. The summed E-state index contributed by atoms with van der Waals surface area (Å²) in [6, 6.07) is 19.2. The van der Waals surface area contributed by atoms with Crippen molar-refractivity contribution in [2.75, 3.05) is 0 Å². The van der Waals surface area contributed by atoms with Gasteiger partial charge in [0.1, 0.15) is 15.0 Å². The van der Waals surface area contributed by atoms with Crippen LogP contribution in [0.25, 0.3) is 21.5 Å². The lowest BCUT2D eigenvalue weighted by molar-refractivity contribution is 0.400. The van der Waals surface area contributed by atoms with Crippen LogP contribution >= 0.6 is 0 Å². The summed E-state index contributed by atoms with van der Waals surface area (Å²) in [7, 11) is -9.11. The quantitative estimate of drug-likeness (QED) is 0.168. The third kappa shape index (κ3) is 4.20. The van der Waals surface area contributed by atoms with Gasteiger partial charge in [0.2, 0.25) is 0 Å². The molecule has 0 aromatic heterocycles. The molecule has 4 bridgehead atoms. The van der Waals surface area contributed by atoms with Crippen LogP contribution in [0.2, 0.25) is 0 Å². The molecule has 0 N–H and O–H groups in total. The van der Waals surface area contributed by atoms with E-state index in [0.29, 0.717) is 28.6 Å². The van der Waals surface area contributed by atoms with Crippen LogP contribution in [-0.2, 0) is 20.2 Å². The minimum absolute atomic E-state index is 0.0314. The minimum atomic E-state index is -4.77. The minimum Gasteiger partial charge on any atom is -0.744 e. The van der Waals surface area contributed by atoms with Crippen LogP contribution in [0.3, 0.4) is 0 Å². The molecule has 0 saturated heterocycles. The van der Waals surface area contributed by atoms with Crippen LogP contribution in [0.1, 0.15) is 74.3 Å². The molecule has 0 spiro atoms. The maximum atomic E-state index is 14.7. The van der Waals surface area contributed by atoms with Crippen LogP contribution in [0.4, 0.5) is 0 Å². The summed E-state index contributed by atoms with van der Waals surface area (Å²) < 4.78 is 71.5. The van der Waals surface area contributed by atoms with Crippen molar-refractivity contribution >= 4 is 41.8 Å². The van der Waals surface area contributed by atoms with Crippen molar-refractivity contribution in [2.24, 2.45) is 23.7 Å². The maximum Gasteiger partial charge on any atom is 0.339 e. The fraction of sp³-hybridized carbons (Fsp3) is 0.412. The van der Waals surface area contributed by atoms with E-state index in [1.165, 1.54) is 25.0 Å². The summed E-state index contributed by atoms with van der Waals surface area (Å²) in [6.45, 7) is 0. The Morgan fingerprint density at radius 3 is 1.90 bits per heavy atom. The summed E-state index contributed by atoms with van der Waals surface area (Å²) >= 11 is 0. The van der Waals surface area contributed by atoms with E-state index in [1.54, 1.807) is 18.2 Å². The Balaban J connectivity index is 1.35. The van der Waals surface area contributed by atoms with E-state index in [2.05, 4.69) is 18.2 Å². The molecular weight excluding hydrogens is 569 g/mol. The first kappa shape index (κ1) is 26.7. The smallest absolute Gasteiger partial charge is 0.339 e. The van der Waals surface area contributed by atoms with Crippen LogP contribution in [0.5, 0.6) is 5.75 Å². The van der Waals surface area contributed by atoms with Gasteiger partial charge in [0.15, 0.2) is 5.75 Å². The molecule has 0 aliphatic heterocycles. The Hall–Kier alpha value is -2.94. The van der Waals surface area contributed by atoms with E-state index in [0.717, 1.165) is 66.5 Å². The number of benzene rings is 4. The highest BCUT2D eigenvalue weighted by molar-refractivity contribution is 7.87. The highest BCUT2D eigenvalue weighted by Gasteiger charge is 2.47. The average Bonchev–Trinajstić information content (AvgIpc) is 3.78. The van der Waals surface area contributed by atoms with Gasteiger partial charge in [-0.3, -0.25) is 0 Å². The van der Waals surface area contributed by atoms with Crippen molar-refractivity contribution in [1.82, 2.24) is 0 Å². The van der Waals surface area contributed by atoms with E-state index in [-0.39, 0.29) is 33.3 Å². The molecule has 0 amide bonds. The third-order valence-electron chi connectivity index (χ3n) is 10.9. The molecule has 218 valence electrons. The fourth-order valence-corrected chi connectivity index (χ4v) is 11.4. The van der Waals surface area contributed by atoms with Gasteiger partial charge in [-0.2, -0.15) is 8.42 Å². The van der Waals surface area contributed by atoms with Gasteiger partial charge >= 0.3 is 10.1 Å². The summed E-state index contributed by atoms with van der Waals surface area (Å²) in [5.41, 5.74) is 1.81. The first-order valence-electron chi connectivity index (χ1n) is 15.1. The number of hydrogen-bond donors (Lipinski definition) is 0. The van der Waals surface area contributed by atoms with Gasteiger partial charge in [0.25, 0.3) is 0 Å². The molecule has 0 heterocycles. The normalized spacial score (nSPS) is 28.7. The van der Waals surface area contributed by atoms with Crippen LogP contribution in [0, 0.1) is 23.7 Å². The number of rotatable bonds is 6. The van der Waals surface area contributed by atoms with Gasteiger partial charge in [-0.15, -0.1) is 0 Å². The van der Waals surface area contributed by atoms with Gasteiger partial charge in [-0.1, -0.05) is 61.4 Å². The molecule has 4 aromatic carbocycles. The van der Waals surface area contributed by atoms with Crippen molar-refractivity contribution in [1.29, 1.82) is 0 Å². The fourth-order valence-electron chi connectivity index (χ4n) is 9.22. The summed E-state index contributed by atoms with van der Waals surface area (Å²) in [6.07, 6.45) is 8.97. The van der Waals surface area contributed by atoms with Crippen molar-refractivity contribution in [3.63, 3.8) is 0 Å². The average molecular weight is 602 g/mol. The number of hydrogen-bond acceptors (Lipinski definition) is 6. The Labute approximate surface area is 247 Å². The van der Waals surface area contributed by atoms with Gasteiger partial charge in [0.05, 0.1) is 4.90 Å². The topological polar surface area (TPSA) is 101 Å². The van der Waals surface area contributed by atoms with Crippen LogP contribution in [0.15, 0.2) is 76.5 Å². The van der Waals surface area contributed by atoms with E-state index in [4.69, 9.17) is 4.18 Å². The molecule has 6 unspecified atom stereocenters.